The SMILES string of the molecule is Cl.c1ccc2c(c1)CC[C@@H]1NCCO[C@H]21. The van der Waals surface area contributed by atoms with E-state index in [9.17, 15) is 0 Å². The normalized spacial score (nSPS) is 28.5. The fourth-order valence-electron chi connectivity index (χ4n) is 2.56. The van der Waals surface area contributed by atoms with Gasteiger partial charge in [0.25, 0.3) is 0 Å². The van der Waals surface area contributed by atoms with Crippen LogP contribution in [0.1, 0.15) is 23.7 Å². The number of ether oxygens (including phenoxy) is 1. The van der Waals surface area contributed by atoms with E-state index >= 15 is 0 Å². The van der Waals surface area contributed by atoms with Crippen LogP contribution in [-0.2, 0) is 11.2 Å². The Bertz CT molecular complexity index is 342. The number of morpholine rings is 1. The van der Waals surface area contributed by atoms with Crippen LogP contribution in [0.3, 0.4) is 0 Å². The summed E-state index contributed by atoms with van der Waals surface area (Å²) in [5.41, 5.74) is 2.87. The summed E-state index contributed by atoms with van der Waals surface area (Å²) in [6.07, 6.45) is 2.70. The van der Waals surface area contributed by atoms with E-state index < -0.39 is 0 Å². The van der Waals surface area contributed by atoms with Crippen molar-refractivity contribution in [2.24, 2.45) is 0 Å². The molecule has 3 rings (SSSR count). The summed E-state index contributed by atoms with van der Waals surface area (Å²) in [4.78, 5) is 0. The zero-order valence-corrected chi connectivity index (χ0v) is 9.43. The third-order valence-corrected chi connectivity index (χ3v) is 3.26. The lowest BCUT2D eigenvalue weighted by molar-refractivity contribution is -0.0127. The monoisotopic (exact) mass is 225 g/mol. The van der Waals surface area contributed by atoms with Gasteiger partial charge in [0.05, 0.1) is 12.7 Å². The Labute approximate surface area is 96.4 Å². The second-order valence-corrected chi connectivity index (χ2v) is 4.09. The molecule has 1 heterocycles. The zero-order valence-electron chi connectivity index (χ0n) is 8.61. The van der Waals surface area contributed by atoms with E-state index in [2.05, 4.69) is 29.6 Å². The average molecular weight is 226 g/mol. The third-order valence-electron chi connectivity index (χ3n) is 3.26. The van der Waals surface area contributed by atoms with Crippen molar-refractivity contribution in [1.82, 2.24) is 5.32 Å². The molecule has 0 bridgehead atoms. The Hall–Kier alpha value is -0.570. The molecule has 0 radical (unpaired) electrons. The molecule has 0 spiro atoms. The maximum absolute atomic E-state index is 5.85. The van der Waals surface area contributed by atoms with E-state index in [0.717, 1.165) is 13.2 Å². The van der Waals surface area contributed by atoms with Gasteiger partial charge in [-0.15, -0.1) is 12.4 Å². The van der Waals surface area contributed by atoms with Gasteiger partial charge in [-0.2, -0.15) is 0 Å². The van der Waals surface area contributed by atoms with Gasteiger partial charge >= 0.3 is 0 Å². The summed E-state index contributed by atoms with van der Waals surface area (Å²) >= 11 is 0. The van der Waals surface area contributed by atoms with Gasteiger partial charge in [-0.3, -0.25) is 0 Å². The quantitative estimate of drug-likeness (QED) is 0.730. The predicted molar refractivity (Wildman–Crippen MR) is 62.5 cm³/mol. The van der Waals surface area contributed by atoms with Gasteiger partial charge in [0.2, 0.25) is 0 Å². The molecule has 15 heavy (non-hydrogen) atoms. The Morgan fingerprint density at radius 2 is 2.13 bits per heavy atom. The van der Waals surface area contributed by atoms with Gasteiger partial charge in [0.15, 0.2) is 0 Å². The molecular formula is C12H16ClNO. The Kier molecular flexibility index (Phi) is 3.29. The summed E-state index contributed by atoms with van der Waals surface area (Å²) in [5, 5.41) is 3.54. The van der Waals surface area contributed by atoms with Crippen molar-refractivity contribution < 1.29 is 4.74 Å². The first kappa shape index (κ1) is 10.9. The molecule has 0 unspecified atom stereocenters. The molecule has 1 aliphatic heterocycles. The molecule has 3 heteroatoms. The highest BCUT2D eigenvalue weighted by Crippen LogP contribution is 2.33. The third kappa shape index (κ3) is 1.89. The van der Waals surface area contributed by atoms with E-state index in [0.29, 0.717) is 12.1 Å². The number of fused-ring (bicyclic) bond motifs is 3. The maximum Gasteiger partial charge on any atom is 0.0981 e. The minimum atomic E-state index is 0. The summed E-state index contributed by atoms with van der Waals surface area (Å²) in [5.74, 6) is 0. The zero-order chi connectivity index (χ0) is 9.38. The molecule has 82 valence electrons. The highest BCUT2D eigenvalue weighted by molar-refractivity contribution is 5.85. The average Bonchev–Trinajstić information content (AvgIpc) is 2.29. The Balaban J connectivity index is 0.000000853. The highest BCUT2D eigenvalue weighted by atomic mass is 35.5. The number of hydrogen-bond acceptors (Lipinski definition) is 2. The second kappa shape index (κ2) is 4.52. The number of hydrogen-bond donors (Lipinski definition) is 1. The number of nitrogens with one attached hydrogen (secondary N) is 1. The van der Waals surface area contributed by atoms with E-state index in [-0.39, 0.29) is 12.4 Å². The molecule has 2 aliphatic rings. The van der Waals surface area contributed by atoms with Crippen molar-refractivity contribution in [3.05, 3.63) is 35.4 Å². The van der Waals surface area contributed by atoms with E-state index in [4.69, 9.17) is 4.74 Å². The number of aryl methyl sites for hydroxylation is 1. The minimum absolute atomic E-state index is 0. The van der Waals surface area contributed by atoms with Crippen molar-refractivity contribution in [1.29, 1.82) is 0 Å². The second-order valence-electron chi connectivity index (χ2n) is 4.09. The summed E-state index contributed by atoms with van der Waals surface area (Å²) in [6, 6.07) is 9.20. The van der Waals surface area contributed by atoms with Crippen LogP contribution >= 0.6 is 12.4 Å². The predicted octanol–water partition coefficient (Wildman–Crippen LogP) is 2.08. The molecule has 0 saturated carbocycles. The van der Waals surface area contributed by atoms with Crippen LogP contribution < -0.4 is 5.32 Å². The number of rotatable bonds is 0. The number of benzene rings is 1. The van der Waals surface area contributed by atoms with Crippen LogP contribution in [-0.4, -0.2) is 19.2 Å². The molecule has 1 fully saturated rings. The molecule has 1 aromatic carbocycles. The van der Waals surface area contributed by atoms with Gasteiger partial charge in [-0.1, -0.05) is 24.3 Å². The largest absolute Gasteiger partial charge is 0.371 e. The van der Waals surface area contributed by atoms with E-state index in [1.807, 2.05) is 0 Å². The topological polar surface area (TPSA) is 21.3 Å². The van der Waals surface area contributed by atoms with Crippen molar-refractivity contribution in [2.75, 3.05) is 13.2 Å². The molecule has 1 aliphatic carbocycles. The fourth-order valence-corrected chi connectivity index (χ4v) is 2.56. The summed E-state index contributed by atoms with van der Waals surface area (Å²) in [7, 11) is 0. The maximum atomic E-state index is 5.85. The van der Waals surface area contributed by atoms with Crippen LogP contribution in [0.25, 0.3) is 0 Å². The highest BCUT2D eigenvalue weighted by Gasteiger charge is 2.31. The molecule has 1 saturated heterocycles. The first-order valence-corrected chi connectivity index (χ1v) is 5.38. The lowest BCUT2D eigenvalue weighted by Gasteiger charge is -2.37. The molecule has 1 aromatic rings. The van der Waals surface area contributed by atoms with Crippen LogP contribution in [0.2, 0.25) is 0 Å². The van der Waals surface area contributed by atoms with E-state index in [1.165, 1.54) is 24.0 Å². The van der Waals surface area contributed by atoms with Gasteiger partial charge in [-0.05, 0) is 24.0 Å². The molecule has 0 aromatic heterocycles. The van der Waals surface area contributed by atoms with Gasteiger partial charge < -0.3 is 10.1 Å². The first-order valence-electron chi connectivity index (χ1n) is 5.38. The minimum Gasteiger partial charge on any atom is -0.371 e. The Morgan fingerprint density at radius 1 is 1.27 bits per heavy atom. The fraction of sp³-hybridized carbons (Fsp3) is 0.500. The van der Waals surface area contributed by atoms with Crippen molar-refractivity contribution >= 4 is 12.4 Å². The standard InChI is InChI=1S/C12H15NO.ClH/c1-2-4-10-9(3-1)5-6-11-12(10)14-8-7-13-11;/h1-4,11-13H,5-8H2;1H/t11-,12+;/m0./s1. The molecular weight excluding hydrogens is 210 g/mol. The van der Waals surface area contributed by atoms with E-state index in [1.54, 1.807) is 0 Å². The molecule has 0 amide bonds. The van der Waals surface area contributed by atoms with Crippen LogP contribution in [0, 0.1) is 0 Å². The van der Waals surface area contributed by atoms with Crippen LogP contribution in [0.4, 0.5) is 0 Å². The summed E-state index contributed by atoms with van der Waals surface area (Å²) < 4.78 is 5.85. The van der Waals surface area contributed by atoms with Crippen LogP contribution in [0.15, 0.2) is 24.3 Å². The van der Waals surface area contributed by atoms with Crippen molar-refractivity contribution in [3.63, 3.8) is 0 Å². The smallest absolute Gasteiger partial charge is 0.0981 e. The molecule has 2 atom stereocenters. The Morgan fingerprint density at radius 3 is 3.07 bits per heavy atom. The molecule has 2 nitrogen and oxygen atoms in total. The van der Waals surface area contributed by atoms with Gasteiger partial charge in [0.1, 0.15) is 0 Å². The lowest BCUT2D eigenvalue weighted by Crippen LogP contribution is -2.45. The lowest BCUT2D eigenvalue weighted by atomic mass is 9.85. The van der Waals surface area contributed by atoms with Crippen molar-refractivity contribution in [3.8, 4) is 0 Å². The first-order chi connectivity index (χ1) is 6.95. The van der Waals surface area contributed by atoms with Crippen LogP contribution in [0.5, 0.6) is 0 Å². The molecule has 1 N–H and O–H groups in total. The van der Waals surface area contributed by atoms with Gasteiger partial charge in [-0.25, -0.2) is 0 Å². The number of halogens is 1. The van der Waals surface area contributed by atoms with Gasteiger partial charge in [0, 0.05) is 12.6 Å². The summed E-state index contributed by atoms with van der Waals surface area (Å²) in [6.45, 7) is 1.85. The van der Waals surface area contributed by atoms with Crippen molar-refractivity contribution in [2.45, 2.75) is 25.0 Å².